The summed E-state index contributed by atoms with van der Waals surface area (Å²) in [5.74, 6) is -0.184. The number of rotatable bonds is 4. The van der Waals surface area contributed by atoms with Crippen LogP contribution in [0.4, 0.5) is 4.39 Å². The fraction of sp³-hybridized carbons (Fsp3) is 0.333. The molecule has 0 heterocycles. The lowest BCUT2D eigenvalue weighted by Crippen LogP contribution is -2.12. The van der Waals surface area contributed by atoms with Gasteiger partial charge in [-0.05, 0) is 37.0 Å². The van der Waals surface area contributed by atoms with Crippen LogP contribution in [-0.4, -0.2) is 0 Å². The summed E-state index contributed by atoms with van der Waals surface area (Å²) in [6.45, 7) is 5.40. The summed E-state index contributed by atoms with van der Waals surface area (Å²) in [5, 5.41) is 0. The van der Waals surface area contributed by atoms with E-state index in [1.165, 1.54) is 6.07 Å². The summed E-state index contributed by atoms with van der Waals surface area (Å²) in [6, 6.07) is 4.94. The minimum atomic E-state index is -0.184. The number of benzene rings is 1. The predicted octanol–water partition coefficient (Wildman–Crippen LogP) is 3.52. The van der Waals surface area contributed by atoms with Gasteiger partial charge in [0.2, 0.25) is 0 Å². The van der Waals surface area contributed by atoms with Gasteiger partial charge in [-0.15, -0.1) is 19.0 Å². The van der Waals surface area contributed by atoms with Crippen molar-refractivity contribution in [1.29, 1.82) is 0 Å². The molecule has 0 aromatic heterocycles. The van der Waals surface area contributed by atoms with Crippen molar-refractivity contribution < 1.29 is 4.39 Å². The van der Waals surface area contributed by atoms with E-state index in [0.717, 1.165) is 18.4 Å². The topological polar surface area (TPSA) is 26.0 Å². The maximum absolute atomic E-state index is 13.2. The molecule has 0 unspecified atom stereocenters. The molecule has 15 heavy (non-hydrogen) atoms. The van der Waals surface area contributed by atoms with E-state index in [4.69, 9.17) is 5.73 Å². The van der Waals surface area contributed by atoms with Gasteiger partial charge in [0.15, 0.2) is 0 Å². The smallest absolute Gasteiger partial charge is 0.126 e. The van der Waals surface area contributed by atoms with Crippen LogP contribution in [0, 0.1) is 12.7 Å². The normalized spacial score (nSPS) is 11.7. The van der Waals surface area contributed by atoms with Crippen molar-refractivity contribution in [1.82, 2.24) is 0 Å². The molecule has 1 aromatic carbocycles. The zero-order valence-electron chi connectivity index (χ0n) is 8.87. The average Bonchev–Trinajstić information content (AvgIpc) is 2.18. The predicted molar refractivity (Wildman–Crippen MR) is 64.7 cm³/mol. The summed E-state index contributed by atoms with van der Waals surface area (Å²) < 4.78 is 13.2. The zero-order chi connectivity index (χ0) is 10.6. The molecule has 0 bridgehead atoms. The molecule has 1 aromatic rings. The van der Waals surface area contributed by atoms with Crippen molar-refractivity contribution >= 4 is 12.4 Å². The van der Waals surface area contributed by atoms with Crippen molar-refractivity contribution in [2.24, 2.45) is 5.73 Å². The van der Waals surface area contributed by atoms with E-state index in [0.29, 0.717) is 5.56 Å². The van der Waals surface area contributed by atoms with Gasteiger partial charge in [0, 0.05) is 6.04 Å². The molecule has 84 valence electrons. The average molecular weight is 230 g/mol. The van der Waals surface area contributed by atoms with Crippen molar-refractivity contribution in [2.45, 2.75) is 25.8 Å². The largest absolute Gasteiger partial charge is 0.324 e. The Bertz CT molecular complexity index is 325. The fourth-order valence-electron chi connectivity index (χ4n) is 1.48. The molecule has 1 atom stereocenters. The zero-order valence-corrected chi connectivity index (χ0v) is 9.69. The van der Waals surface area contributed by atoms with Gasteiger partial charge in [-0.2, -0.15) is 0 Å². The van der Waals surface area contributed by atoms with Gasteiger partial charge in [-0.25, -0.2) is 4.39 Å². The van der Waals surface area contributed by atoms with Crippen LogP contribution in [0.2, 0.25) is 0 Å². The second kappa shape index (κ2) is 6.59. The monoisotopic (exact) mass is 229 g/mol. The Morgan fingerprint density at radius 1 is 1.53 bits per heavy atom. The number of halogens is 2. The first-order chi connectivity index (χ1) is 6.66. The van der Waals surface area contributed by atoms with Crippen LogP contribution < -0.4 is 5.73 Å². The first-order valence-electron chi connectivity index (χ1n) is 4.78. The molecule has 3 heteroatoms. The standard InChI is InChI=1S/C12H16FN.ClH/c1-3-4-8-12(14)10-6-5-7-11(13)9(10)2;/h3,5-7,12H,1,4,8,14H2,2H3;1H/t12-;/m0./s1. The molecule has 0 aliphatic rings. The molecule has 0 saturated carbocycles. The molecule has 0 aliphatic heterocycles. The van der Waals surface area contributed by atoms with Crippen LogP contribution in [-0.2, 0) is 0 Å². The molecular weight excluding hydrogens is 213 g/mol. The van der Waals surface area contributed by atoms with E-state index in [2.05, 4.69) is 6.58 Å². The Morgan fingerprint density at radius 3 is 2.80 bits per heavy atom. The highest BCUT2D eigenvalue weighted by molar-refractivity contribution is 5.85. The fourth-order valence-corrected chi connectivity index (χ4v) is 1.48. The molecule has 0 saturated heterocycles. The van der Waals surface area contributed by atoms with Crippen LogP contribution in [0.5, 0.6) is 0 Å². The van der Waals surface area contributed by atoms with E-state index in [9.17, 15) is 4.39 Å². The molecular formula is C12H17ClFN. The highest BCUT2D eigenvalue weighted by Gasteiger charge is 2.10. The van der Waals surface area contributed by atoms with Crippen LogP contribution in [0.1, 0.15) is 30.0 Å². The maximum Gasteiger partial charge on any atom is 0.126 e. The van der Waals surface area contributed by atoms with Gasteiger partial charge in [-0.3, -0.25) is 0 Å². The molecule has 2 N–H and O–H groups in total. The van der Waals surface area contributed by atoms with Crippen LogP contribution in [0.25, 0.3) is 0 Å². The van der Waals surface area contributed by atoms with Gasteiger partial charge in [0.25, 0.3) is 0 Å². The summed E-state index contributed by atoms with van der Waals surface area (Å²) in [6.07, 6.45) is 3.50. The third-order valence-electron chi connectivity index (χ3n) is 2.39. The second-order valence-electron chi connectivity index (χ2n) is 3.43. The van der Waals surface area contributed by atoms with Crippen LogP contribution >= 0.6 is 12.4 Å². The summed E-state index contributed by atoms with van der Waals surface area (Å²) in [4.78, 5) is 0. The van der Waals surface area contributed by atoms with Gasteiger partial charge < -0.3 is 5.73 Å². The Balaban J connectivity index is 0.00000196. The quantitative estimate of drug-likeness (QED) is 0.786. The third-order valence-corrected chi connectivity index (χ3v) is 2.39. The minimum absolute atomic E-state index is 0. The van der Waals surface area contributed by atoms with E-state index in [1.54, 1.807) is 13.0 Å². The number of hydrogen-bond acceptors (Lipinski definition) is 1. The highest BCUT2D eigenvalue weighted by atomic mass is 35.5. The molecule has 0 radical (unpaired) electrons. The molecule has 1 rings (SSSR count). The van der Waals surface area contributed by atoms with E-state index in [1.807, 2.05) is 12.1 Å². The Hall–Kier alpha value is -0.860. The van der Waals surface area contributed by atoms with Crippen molar-refractivity contribution in [3.8, 4) is 0 Å². The summed E-state index contributed by atoms with van der Waals surface area (Å²) in [7, 11) is 0. The molecule has 0 fully saturated rings. The number of hydrogen-bond donors (Lipinski definition) is 1. The minimum Gasteiger partial charge on any atom is -0.324 e. The lowest BCUT2D eigenvalue weighted by Gasteiger charge is -2.13. The Morgan fingerprint density at radius 2 is 2.20 bits per heavy atom. The van der Waals surface area contributed by atoms with Crippen LogP contribution in [0.15, 0.2) is 30.9 Å². The van der Waals surface area contributed by atoms with Gasteiger partial charge in [-0.1, -0.05) is 18.2 Å². The Labute approximate surface area is 96.6 Å². The van der Waals surface area contributed by atoms with Gasteiger partial charge in [0.1, 0.15) is 5.82 Å². The highest BCUT2D eigenvalue weighted by Crippen LogP contribution is 2.21. The maximum atomic E-state index is 13.2. The van der Waals surface area contributed by atoms with Crippen molar-refractivity contribution in [3.63, 3.8) is 0 Å². The van der Waals surface area contributed by atoms with Gasteiger partial charge in [0.05, 0.1) is 0 Å². The SMILES string of the molecule is C=CCC[C@H](N)c1cccc(F)c1C.Cl. The first-order valence-corrected chi connectivity index (χ1v) is 4.78. The van der Waals surface area contributed by atoms with E-state index < -0.39 is 0 Å². The lowest BCUT2D eigenvalue weighted by atomic mass is 9.98. The molecule has 1 nitrogen and oxygen atoms in total. The summed E-state index contributed by atoms with van der Waals surface area (Å²) in [5.41, 5.74) is 7.49. The Kier molecular flexibility index (Phi) is 6.21. The van der Waals surface area contributed by atoms with E-state index in [-0.39, 0.29) is 24.3 Å². The summed E-state index contributed by atoms with van der Waals surface area (Å²) >= 11 is 0. The van der Waals surface area contributed by atoms with Gasteiger partial charge >= 0.3 is 0 Å². The number of allylic oxidation sites excluding steroid dienone is 1. The van der Waals surface area contributed by atoms with E-state index >= 15 is 0 Å². The van der Waals surface area contributed by atoms with Crippen molar-refractivity contribution in [3.05, 3.63) is 47.8 Å². The van der Waals surface area contributed by atoms with Crippen molar-refractivity contribution in [2.75, 3.05) is 0 Å². The lowest BCUT2D eigenvalue weighted by molar-refractivity contribution is 0.599. The third kappa shape index (κ3) is 3.65. The molecule has 0 aliphatic carbocycles. The van der Waals surface area contributed by atoms with Crippen LogP contribution in [0.3, 0.4) is 0 Å². The number of nitrogens with two attached hydrogens (primary N) is 1. The molecule has 0 spiro atoms. The molecule has 0 amide bonds. The second-order valence-corrected chi connectivity index (χ2v) is 3.43. The first kappa shape index (κ1) is 14.1.